The van der Waals surface area contributed by atoms with Gasteiger partial charge in [-0.2, -0.15) is 4.68 Å². The number of tetrazole rings is 1. The second kappa shape index (κ2) is 8.77. The zero-order valence-electron chi connectivity index (χ0n) is 15.1. The van der Waals surface area contributed by atoms with Gasteiger partial charge in [-0.15, -0.1) is 5.10 Å². The number of benzene rings is 2. The Kier molecular flexibility index (Phi) is 6.18. The predicted octanol–water partition coefficient (Wildman–Crippen LogP) is 2.95. The third-order valence-corrected chi connectivity index (χ3v) is 5.03. The minimum absolute atomic E-state index is 0.0967. The van der Waals surface area contributed by atoms with Gasteiger partial charge < -0.3 is 5.32 Å². The minimum atomic E-state index is -0.353. The van der Waals surface area contributed by atoms with Crippen molar-refractivity contribution in [3.8, 4) is 5.69 Å². The zero-order chi connectivity index (χ0) is 19.2. The maximum atomic E-state index is 12.9. The molecule has 0 aliphatic carbocycles. The minimum Gasteiger partial charge on any atom is -0.355 e. The lowest BCUT2D eigenvalue weighted by molar-refractivity contribution is -0.120. The smallest absolute Gasteiger partial charge is 0.233 e. The van der Waals surface area contributed by atoms with E-state index >= 15 is 0 Å². The number of hydrogen-bond donors (Lipinski definition) is 1. The summed E-state index contributed by atoms with van der Waals surface area (Å²) in [6.07, 6.45) is 0.643. The first-order valence-electron chi connectivity index (χ1n) is 8.57. The largest absolute Gasteiger partial charge is 0.355 e. The Morgan fingerprint density at radius 1 is 1.19 bits per heavy atom. The monoisotopic (exact) mass is 385 g/mol. The summed E-state index contributed by atoms with van der Waals surface area (Å²) in [7, 11) is 0. The van der Waals surface area contributed by atoms with Gasteiger partial charge in [0.2, 0.25) is 11.1 Å². The van der Waals surface area contributed by atoms with Gasteiger partial charge in [0.05, 0.1) is 10.9 Å². The van der Waals surface area contributed by atoms with E-state index in [1.807, 2.05) is 38.1 Å². The number of nitrogens with zero attached hydrogens (tertiary/aromatic N) is 4. The van der Waals surface area contributed by atoms with Crippen molar-refractivity contribution in [2.24, 2.45) is 0 Å². The van der Waals surface area contributed by atoms with E-state index in [0.717, 1.165) is 16.8 Å². The second-order valence-electron chi connectivity index (χ2n) is 6.14. The Morgan fingerprint density at radius 3 is 2.59 bits per heavy atom. The molecule has 3 aromatic rings. The van der Waals surface area contributed by atoms with Crippen molar-refractivity contribution >= 4 is 17.7 Å². The number of nitrogens with one attached hydrogen (secondary N) is 1. The van der Waals surface area contributed by atoms with Crippen molar-refractivity contribution in [1.82, 2.24) is 25.5 Å². The summed E-state index contributed by atoms with van der Waals surface area (Å²) in [6.45, 7) is 4.31. The highest BCUT2D eigenvalue weighted by atomic mass is 32.2. The van der Waals surface area contributed by atoms with Crippen molar-refractivity contribution in [3.63, 3.8) is 0 Å². The average molecular weight is 385 g/mol. The molecule has 1 aromatic heterocycles. The number of halogens is 1. The SMILES string of the molecule is Cc1ccc(-n2nnnc2S[C@H](C)C(=O)NCCc2ccc(F)cc2)cc1. The second-order valence-corrected chi connectivity index (χ2v) is 7.44. The van der Waals surface area contributed by atoms with E-state index in [9.17, 15) is 9.18 Å². The van der Waals surface area contributed by atoms with Crippen LogP contribution in [0.15, 0.2) is 53.7 Å². The Morgan fingerprint density at radius 2 is 1.89 bits per heavy atom. The van der Waals surface area contributed by atoms with Crippen molar-refractivity contribution < 1.29 is 9.18 Å². The third-order valence-electron chi connectivity index (χ3n) is 4.00. The first-order chi connectivity index (χ1) is 13.0. The van der Waals surface area contributed by atoms with Crippen LogP contribution in [0.1, 0.15) is 18.1 Å². The van der Waals surface area contributed by atoms with Crippen LogP contribution in [0.25, 0.3) is 5.69 Å². The van der Waals surface area contributed by atoms with E-state index in [1.54, 1.807) is 16.8 Å². The number of amides is 1. The number of hydrogen-bond acceptors (Lipinski definition) is 5. The van der Waals surface area contributed by atoms with Crippen LogP contribution >= 0.6 is 11.8 Å². The molecule has 0 unspecified atom stereocenters. The van der Waals surface area contributed by atoms with Gasteiger partial charge in [-0.25, -0.2) is 4.39 Å². The Hall–Kier alpha value is -2.74. The van der Waals surface area contributed by atoms with Gasteiger partial charge in [0.1, 0.15) is 5.82 Å². The fourth-order valence-electron chi connectivity index (χ4n) is 2.44. The lowest BCUT2D eigenvalue weighted by Gasteiger charge is -2.12. The van der Waals surface area contributed by atoms with Gasteiger partial charge in [-0.05, 0) is 60.5 Å². The summed E-state index contributed by atoms with van der Waals surface area (Å²) in [6, 6.07) is 14.1. The molecule has 6 nitrogen and oxygen atoms in total. The van der Waals surface area contributed by atoms with Crippen LogP contribution in [-0.4, -0.2) is 37.9 Å². The molecule has 1 amide bonds. The first-order valence-corrected chi connectivity index (χ1v) is 9.45. The van der Waals surface area contributed by atoms with Crippen molar-refractivity contribution in [3.05, 3.63) is 65.5 Å². The number of carbonyl (C=O) groups excluding carboxylic acids is 1. The number of carbonyl (C=O) groups is 1. The van der Waals surface area contributed by atoms with Crippen LogP contribution < -0.4 is 5.32 Å². The van der Waals surface area contributed by atoms with E-state index in [-0.39, 0.29) is 17.0 Å². The highest BCUT2D eigenvalue weighted by Crippen LogP contribution is 2.23. The van der Waals surface area contributed by atoms with Crippen LogP contribution in [0.4, 0.5) is 4.39 Å². The van der Waals surface area contributed by atoms with Crippen LogP contribution in [0, 0.1) is 12.7 Å². The molecule has 0 radical (unpaired) electrons. The van der Waals surface area contributed by atoms with Gasteiger partial charge in [-0.1, -0.05) is 41.6 Å². The number of thioether (sulfide) groups is 1. The fraction of sp³-hybridized carbons (Fsp3) is 0.263. The molecule has 27 heavy (non-hydrogen) atoms. The predicted molar refractivity (Wildman–Crippen MR) is 102 cm³/mol. The first kappa shape index (κ1) is 19.0. The molecule has 3 rings (SSSR count). The molecule has 0 aliphatic heterocycles. The van der Waals surface area contributed by atoms with Crippen LogP contribution in [-0.2, 0) is 11.2 Å². The van der Waals surface area contributed by atoms with Crippen molar-refractivity contribution in [2.45, 2.75) is 30.7 Å². The maximum absolute atomic E-state index is 12.9. The quantitative estimate of drug-likeness (QED) is 0.633. The molecular formula is C19H20FN5OS. The van der Waals surface area contributed by atoms with Gasteiger partial charge >= 0.3 is 0 Å². The van der Waals surface area contributed by atoms with E-state index in [1.165, 1.54) is 23.9 Å². The van der Waals surface area contributed by atoms with Crippen LogP contribution in [0.2, 0.25) is 0 Å². The van der Waals surface area contributed by atoms with Crippen LogP contribution in [0.5, 0.6) is 0 Å². The topological polar surface area (TPSA) is 72.7 Å². The molecule has 8 heteroatoms. The molecular weight excluding hydrogens is 365 g/mol. The fourth-order valence-corrected chi connectivity index (χ4v) is 3.27. The Labute approximate surface area is 161 Å². The van der Waals surface area contributed by atoms with Crippen molar-refractivity contribution in [2.75, 3.05) is 6.54 Å². The van der Waals surface area contributed by atoms with E-state index in [0.29, 0.717) is 18.1 Å². The van der Waals surface area contributed by atoms with E-state index < -0.39 is 0 Å². The summed E-state index contributed by atoms with van der Waals surface area (Å²) in [4.78, 5) is 12.3. The Balaban J connectivity index is 1.55. The molecule has 1 atom stereocenters. The van der Waals surface area contributed by atoms with E-state index in [2.05, 4.69) is 20.8 Å². The number of aromatic nitrogens is 4. The van der Waals surface area contributed by atoms with Crippen molar-refractivity contribution in [1.29, 1.82) is 0 Å². The molecule has 0 aliphatic rings. The molecule has 1 heterocycles. The number of rotatable bonds is 7. The highest BCUT2D eigenvalue weighted by molar-refractivity contribution is 8.00. The molecule has 140 valence electrons. The molecule has 0 spiro atoms. The zero-order valence-corrected chi connectivity index (χ0v) is 15.9. The summed E-state index contributed by atoms with van der Waals surface area (Å²) in [5, 5.41) is 14.9. The maximum Gasteiger partial charge on any atom is 0.233 e. The van der Waals surface area contributed by atoms with Gasteiger partial charge in [0.15, 0.2) is 0 Å². The summed E-state index contributed by atoms with van der Waals surface area (Å²) < 4.78 is 14.5. The van der Waals surface area contributed by atoms with Gasteiger partial charge in [-0.3, -0.25) is 4.79 Å². The average Bonchev–Trinajstić information content (AvgIpc) is 3.12. The summed E-state index contributed by atoms with van der Waals surface area (Å²) in [5.41, 5.74) is 2.97. The lowest BCUT2D eigenvalue weighted by atomic mass is 10.1. The molecule has 1 N–H and O–H groups in total. The molecule has 0 saturated heterocycles. The molecule has 0 fully saturated rings. The molecule has 2 aromatic carbocycles. The highest BCUT2D eigenvalue weighted by Gasteiger charge is 2.19. The van der Waals surface area contributed by atoms with Gasteiger partial charge in [0.25, 0.3) is 0 Å². The van der Waals surface area contributed by atoms with Gasteiger partial charge in [0, 0.05) is 6.54 Å². The molecule has 0 saturated carbocycles. The van der Waals surface area contributed by atoms with E-state index in [4.69, 9.17) is 0 Å². The Bertz CT molecular complexity index is 895. The van der Waals surface area contributed by atoms with Crippen LogP contribution in [0.3, 0.4) is 0 Å². The normalized spacial score (nSPS) is 12.0. The summed E-state index contributed by atoms with van der Waals surface area (Å²) in [5.74, 6) is -0.361. The molecule has 0 bridgehead atoms. The standard InChI is InChI=1S/C19H20FN5OS/c1-13-3-9-17(10-4-13)25-19(22-23-24-25)27-14(2)18(26)21-12-11-15-5-7-16(20)8-6-15/h3-10,14H,11-12H2,1-2H3,(H,21,26)/t14-/m1/s1. The number of aryl methyl sites for hydroxylation is 1. The summed E-state index contributed by atoms with van der Waals surface area (Å²) >= 11 is 1.30. The third kappa shape index (κ3) is 5.13. The lowest BCUT2D eigenvalue weighted by Crippen LogP contribution is -2.32.